The molecule has 1 aromatic carbocycles. The number of nitrogens with one attached hydrogen (secondary N) is 1. The predicted octanol–water partition coefficient (Wildman–Crippen LogP) is 2.06. The number of amides is 1. The van der Waals surface area contributed by atoms with Gasteiger partial charge in [-0.05, 0) is 35.8 Å². The first-order chi connectivity index (χ1) is 19.6. The Hall–Kier alpha value is -5.13. The monoisotopic (exact) mass is 559 g/mol. The van der Waals surface area contributed by atoms with E-state index in [1.807, 2.05) is 36.4 Å². The number of pyridine rings is 1. The number of nitrogens with two attached hydrogens (primary N) is 1. The minimum absolute atomic E-state index is 0.0149. The molecule has 0 unspecified atom stereocenters. The van der Waals surface area contributed by atoms with Gasteiger partial charge in [0.2, 0.25) is 5.82 Å². The first kappa shape index (κ1) is 27.4. The Morgan fingerprint density at radius 1 is 1.20 bits per heavy atom. The molecule has 0 atom stereocenters. The van der Waals surface area contributed by atoms with E-state index in [4.69, 9.17) is 10.5 Å². The minimum atomic E-state index is -3.28. The lowest BCUT2D eigenvalue weighted by Gasteiger charge is -2.29. The molecule has 10 nitrogen and oxygen atoms in total. The number of ketones is 1. The lowest BCUT2D eigenvalue weighted by atomic mass is 9.92. The van der Waals surface area contributed by atoms with Crippen LogP contribution in [0.15, 0.2) is 67.8 Å². The number of rotatable bonds is 7. The normalized spacial score (nSPS) is 14.7. The van der Waals surface area contributed by atoms with Crippen molar-refractivity contribution in [3.63, 3.8) is 0 Å². The van der Waals surface area contributed by atoms with Gasteiger partial charge in [0.1, 0.15) is 12.1 Å². The maximum atomic E-state index is 13.7. The van der Waals surface area contributed by atoms with Crippen LogP contribution < -0.4 is 16.3 Å². The summed E-state index contributed by atoms with van der Waals surface area (Å²) in [5.41, 5.74) is 10.1. The number of nitrogens with zero attached hydrogens (tertiary/aromatic N) is 5. The van der Waals surface area contributed by atoms with Crippen LogP contribution in [0.3, 0.4) is 0 Å². The summed E-state index contributed by atoms with van der Waals surface area (Å²) in [4.78, 5) is 39.5. The standard InChI is InChI=1S/C29H27F2N7O3/c1-4-22(41-3)23-20(14-34-24(23)26(32)38-16-35-28(36-38)29(2,30)31)25(39)27(40)37-13-11-18-17(15-37)8-7-9-19(18)21-10-5-6-12-33-21/h4-10,12,14,16,34H,1,11,13,15,32H2,2-3H3/b23-22+,26-24-. The van der Waals surface area contributed by atoms with Gasteiger partial charge in [-0.15, -0.1) is 5.10 Å². The molecule has 4 aromatic rings. The summed E-state index contributed by atoms with van der Waals surface area (Å²) in [6.45, 7) is 4.96. The lowest BCUT2D eigenvalue weighted by molar-refractivity contribution is -0.127. The molecule has 1 amide bonds. The quantitative estimate of drug-likeness (QED) is 0.262. The molecule has 0 saturated carbocycles. The highest BCUT2D eigenvalue weighted by Crippen LogP contribution is 2.29. The zero-order valence-electron chi connectivity index (χ0n) is 22.4. The number of Topliss-reactive ketones (excluding diaryl/α,β-unsaturated/α-hetero) is 1. The van der Waals surface area contributed by atoms with Gasteiger partial charge in [0.25, 0.3) is 11.7 Å². The molecule has 0 saturated heterocycles. The summed E-state index contributed by atoms with van der Waals surface area (Å²) < 4.78 is 33.8. The van der Waals surface area contributed by atoms with E-state index in [2.05, 4.69) is 26.6 Å². The molecule has 0 aliphatic carbocycles. The third-order valence-electron chi connectivity index (χ3n) is 6.85. The summed E-state index contributed by atoms with van der Waals surface area (Å²) in [7, 11) is 1.37. The maximum Gasteiger partial charge on any atom is 0.305 e. The number of alkyl halides is 2. The Bertz CT molecular complexity index is 1770. The van der Waals surface area contributed by atoms with Crippen LogP contribution in [-0.2, 0) is 28.4 Å². The first-order valence-electron chi connectivity index (χ1n) is 12.7. The molecule has 3 aromatic heterocycles. The number of benzene rings is 1. The van der Waals surface area contributed by atoms with Gasteiger partial charge in [-0.2, -0.15) is 8.78 Å². The predicted molar refractivity (Wildman–Crippen MR) is 146 cm³/mol. The van der Waals surface area contributed by atoms with Crippen molar-refractivity contribution in [3.05, 3.63) is 101 Å². The van der Waals surface area contributed by atoms with Crippen LogP contribution in [0, 0.1) is 0 Å². The summed E-state index contributed by atoms with van der Waals surface area (Å²) in [6.07, 6.45) is 5.98. The van der Waals surface area contributed by atoms with Crippen molar-refractivity contribution in [1.82, 2.24) is 29.6 Å². The van der Waals surface area contributed by atoms with Crippen molar-refractivity contribution in [2.45, 2.75) is 25.8 Å². The van der Waals surface area contributed by atoms with Gasteiger partial charge < -0.3 is 20.4 Å². The van der Waals surface area contributed by atoms with Crippen LogP contribution in [0.1, 0.15) is 34.2 Å². The Kier molecular flexibility index (Phi) is 7.22. The van der Waals surface area contributed by atoms with Gasteiger partial charge in [-0.1, -0.05) is 30.8 Å². The average Bonchev–Trinajstić information content (AvgIpc) is 3.65. The zero-order valence-corrected chi connectivity index (χ0v) is 22.4. The number of carbonyl (C=O) groups is 2. The fourth-order valence-corrected chi connectivity index (χ4v) is 4.85. The summed E-state index contributed by atoms with van der Waals surface area (Å²) >= 11 is 0. The number of H-pyrrole nitrogens is 1. The van der Waals surface area contributed by atoms with Crippen LogP contribution in [0.2, 0.25) is 0 Å². The number of methoxy groups -OCH3 is 1. The molecule has 1 aliphatic heterocycles. The number of carbonyl (C=O) groups excluding carboxylic acids is 2. The van der Waals surface area contributed by atoms with E-state index in [-0.39, 0.29) is 34.3 Å². The van der Waals surface area contributed by atoms with Crippen molar-refractivity contribution in [2.24, 2.45) is 5.73 Å². The summed E-state index contributed by atoms with van der Waals surface area (Å²) in [5, 5.41) is 4.03. The molecule has 12 heteroatoms. The maximum absolute atomic E-state index is 13.7. The number of hydrogen-bond acceptors (Lipinski definition) is 7. The van der Waals surface area contributed by atoms with Gasteiger partial charge in [-0.3, -0.25) is 14.6 Å². The average molecular weight is 560 g/mol. The minimum Gasteiger partial charge on any atom is -0.496 e. The van der Waals surface area contributed by atoms with Crippen molar-refractivity contribution in [2.75, 3.05) is 13.7 Å². The lowest BCUT2D eigenvalue weighted by Crippen LogP contribution is -2.43. The van der Waals surface area contributed by atoms with Gasteiger partial charge >= 0.3 is 5.92 Å². The smallest absolute Gasteiger partial charge is 0.305 e. The molecule has 0 fully saturated rings. The molecule has 210 valence electrons. The van der Waals surface area contributed by atoms with Crippen LogP contribution in [0.25, 0.3) is 22.8 Å². The third-order valence-corrected chi connectivity index (χ3v) is 6.85. The zero-order chi connectivity index (χ0) is 29.3. The van der Waals surface area contributed by atoms with E-state index < -0.39 is 23.4 Å². The molecule has 3 N–H and O–H groups in total. The van der Waals surface area contributed by atoms with E-state index in [0.29, 0.717) is 19.9 Å². The van der Waals surface area contributed by atoms with Crippen LogP contribution >= 0.6 is 0 Å². The van der Waals surface area contributed by atoms with Crippen LogP contribution in [0.4, 0.5) is 8.78 Å². The second kappa shape index (κ2) is 10.8. The van der Waals surface area contributed by atoms with E-state index in [0.717, 1.165) is 33.4 Å². The Morgan fingerprint density at radius 2 is 2.00 bits per heavy atom. The third kappa shape index (κ3) is 5.11. The van der Waals surface area contributed by atoms with Crippen LogP contribution in [-0.4, -0.2) is 55.0 Å². The molecule has 0 spiro atoms. The number of aromatic nitrogens is 5. The van der Waals surface area contributed by atoms with E-state index in [1.54, 1.807) is 6.20 Å². The number of aromatic amines is 1. The highest BCUT2D eigenvalue weighted by Gasteiger charge is 2.31. The first-order valence-corrected chi connectivity index (χ1v) is 12.7. The number of ether oxygens (including phenoxy) is 1. The largest absolute Gasteiger partial charge is 0.496 e. The summed E-state index contributed by atoms with van der Waals surface area (Å²) in [5.74, 6) is -5.51. The fraction of sp³-hybridized carbons (Fsp3) is 0.207. The van der Waals surface area contributed by atoms with Crippen LogP contribution in [0.5, 0.6) is 0 Å². The molecule has 5 rings (SSSR count). The van der Waals surface area contributed by atoms with Crippen molar-refractivity contribution in [3.8, 4) is 11.3 Å². The van der Waals surface area contributed by atoms with E-state index >= 15 is 0 Å². The Balaban J connectivity index is 1.51. The highest BCUT2D eigenvalue weighted by atomic mass is 19.3. The van der Waals surface area contributed by atoms with Crippen molar-refractivity contribution >= 4 is 23.3 Å². The molecular formula is C29H27F2N7O3. The van der Waals surface area contributed by atoms with E-state index in [9.17, 15) is 18.4 Å². The van der Waals surface area contributed by atoms with Gasteiger partial charge in [0.15, 0.2) is 5.82 Å². The molecule has 4 heterocycles. The topological polar surface area (TPSA) is 132 Å². The van der Waals surface area contributed by atoms with E-state index in [1.165, 1.54) is 24.3 Å². The molecule has 1 aliphatic rings. The number of fused-ring (bicyclic) bond motifs is 1. The molecular weight excluding hydrogens is 532 g/mol. The molecule has 0 radical (unpaired) electrons. The van der Waals surface area contributed by atoms with Gasteiger partial charge in [0, 0.05) is 38.0 Å². The number of halogens is 2. The van der Waals surface area contributed by atoms with Gasteiger partial charge in [-0.25, -0.2) is 9.67 Å². The highest BCUT2D eigenvalue weighted by molar-refractivity contribution is 6.42. The number of hydrogen-bond donors (Lipinski definition) is 2. The Morgan fingerprint density at radius 3 is 2.66 bits per heavy atom. The van der Waals surface area contributed by atoms with Crippen molar-refractivity contribution < 1.29 is 23.1 Å². The second-order valence-corrected chi connectivity index (χ2v) is 9.48. The second-order valence-electron chi connectivity index (χ2n) is 9.48. The fourth-order valence-electron chi connectivity index (χ4n) is 4.85. The molecule has 41 heavy (non-hydrogen) atoms. The Labute approximate surface area is 233 Å². The van der Waals surface area contributed by atoms with Crippen molar-refractivity contribution in [1.29, 1.82) is 0 Å². The SMILES string of the molecule is C=C/C(OC)=c1/c(C(=O)C(=O)N2CCc3c(cccc3-c3ccccn3)C2)c[nH]/c1=C(/N)n1cnc(C(C)(F)F)n1. The van der Waals surface area contributed by atoms with Gasteiger partial charge in [0.05, 0.1) is 28.9 Å². The summed E-state index contributed by atoms with van der Waals surface area (Å²) in [6, 6.07) is 11.5. The molecule has 0 bridgehead atoms.